The Morgan fingerprint density at radius 3 is 2.48 bits per heavy atom. The molecule has 0 aliphatic rings. The van der Waals surface area contributed by atoms with Crippen LogP contribution >= 0.6 is 0 Å². The van der Waals surface area contributed by atoms with Crippen molar-refractivity contribution < 1.29 is 8.42 Å². The number of rotatable bonds is 7. The summed E-state index contributed by atoms with van der Waals surface area (Å²) >= 11 is 0. The van der Waals surface area contributed by atoms with Gasteiger partial charge in [-0.3, -0.25) is 0 Å². The summed E-state index contributed by atoms with van der Waals surface area (Å²) in [6, 6.07) is 9.62. The van der Waals surface area contributed by atoms with E-state index in [-0.39, 0.29) is 5.03 Å². The zero-order valence-corrected chi connectivity index (χ0v) is 13.2. The maximum atomic E-state index is 12.7. The normalized spacial score (nSPS) is 12.0. The molecule has 114 valence electrons. The molecule has 5 nitrogen and oxygen atoms in total. The highest BCUT2D eigenvalue weighted by Gasteiger charge is 2.25. The molecule has 1 aromatic heterocycles. The van der Waals surface area contributed by atoms with Crippen LogP contribution in [-0.2, 0) is 23.0 Å². The van der Waals surface area contributed by atoms with E-state index in [1.54, 1.807) is 0 Å². The van der Waals surface area contributed by atoms with Crippen molar-refractivity contribution in [3.05, 3.63) is 47.9 Å². The van der Waals surface area contributed by atoms with Crippen molar-refractivity contribution >= 4 is 10.0 Å². The number of sulfonamides is 1. The van der Waals surface area contributed by atoms with Crippen molar-refractivity contribution in [2.24, 2.45) is 0 Å². The Hall–Kier alpha value is -1.66. The molecule has 0 aliphatic heterocycles. The lowest BCUT2D eigenvalue weighted by atomic mass is 10.2. The molecule has 1 N–H and O–H groups in total. The van der Waals surface area contributed by atoms with Crippen molar-refractivity contribution in [3.8, 4) is 0 Å². The van der Waals surface area contributed by atoms with Crippen molar-refractivity contribution in [2.45, 2.75) is 38.3 Å². The van der Waals surface area contributed by atoms with Crippen LogP contribution in [0.2, 0.25) is 0 Å². The average Bonchev–Trinajstić information content (AvgIpc) is 2.97. The van der Waals surface area contributed by atoms with Gasteiger partial charge in [-0.25, -0.2) is 13.4 Å². The van der Waals surface area contributed by atoms with E-state index in [4.69, 9.17) is 0 Å². The topological polar surface area (TPSA) is 66.1 Å². The van der Waals surface area contributed by atoms with Crippen molar-refractivity contribution in [2.75, 3.05) is 6.54 Å². The number of benzene rings is 1. The van der Waals surface area contributed by atoms with E-state index in [0.717, 1.165) is 12.0 Å². The van der Waals surface area contributed by atoms with E-state index in [0.29, 0.717) is 25.3 Å². The number of nitrogens with zero attached hydrogens (tertiary/aromatic N) is 2. The first-order valence-electron chi connectivity index (χ1n) is 7.15. The average molecular weight is 307 g/mol. The minimum Gasteiger partial charge on any atom is -0.332 e. The third-order valence-electron chi connectivity index (χ3n) is 3.23. The highest BCUT2D eigenvalue weighted by Crippen LogP contribution is 2.17. The zero-order chi connectivity index (χ0) is 15.3. The van der Waals surface area contributed by atoms with Crippen LogP contribution in [0.15, 0.2) is 41.6 Å². The van der Waals surface area contributed by atoms with Gasteiger partial charge in [-0.05, 0) is 12.0 Å². The molecule has 1 heterocycles. The van der Waals surface area contributed by atoms with E-state index in [1.165, 1.54) is 10.5 Å². The van der Waals surface area contributed by atoms with E-state index in [1.807, 2.05) is 44.2 Å². The summed E-state index contributed by atoms with van der Waals surface area (Å²) < 4.78 is 26.9. The van der Waals surface area contributed by atoms with Crippen molar-refractivity contribution in [1.29, 1.82) is 0 Å². The molecule has 0 aliphatic carbocycles. The molecular formula is C15H21N3O2S. The summed E-state index contributed by atoms with van der Waals surface area (Å²) in [5, 5.41) is 0.170. The van der Waals surface area contributed by atoms with Crippen molar-refractivity contribution in [3.63, 3.8) is 0 Å². The second-order valence-electron chi connectivity index (χ2n) is 4.87. The lowest BCUT2D eigenvalue weighted by Crippen LogP contribution is -2.31. The molecule has 0 saturated carbocycles. The molecule has 6 heteroatoms. The van der Waals surface area contributed by atoms with Gasteiger partial charge in [-0.15, -0.1) is 0 Å². The van der Waals surface area contributed by atoms with Gasteiger partial charge in [-0.1, -0.05) is 44.2 Å². The van der Waals surface area contributed by atoms with Crippen LogP contribution in [-0.4, -0.2) is 29.2 Å². The molecule has 0 amide bonds. The van der Waals surface area contributed by atoms with Gasteiger partial charge in [0.05, 0.1) is 6.20 Å². The highest BCUT2D eigenvalue weighted by atomic mass is 32.2. The fraction of sp³-hybridized carbons (Fsp3) is 0.400. The minimum atomic E-state index is -3.54. The van der Waals surface area contributed by atoms with Crippen LogP contribution < -0.4 is 0 Å². The molecule has 2 aromatic rings. The summed E-state index contributed by atoms with van der Waals surface area (Å²) in [5.74, 6) is 0.685. The molecule has 2 rings (SSSR count). The van der Waals surface area contributed by atoms with Crippen LogP contribution in [0, 0.1) is 0 Å². The van der Waals surface area contributed by atoms with Crippen LogP contribution in [0.1, 0.15) is 31.7 Å². The van der Waals surface area contributed by atoms with E-state index >= 15 is 0 Å². The van der Waals surface area contributed by atoms with Crippen LogP contribution in [0.5, 0.6) is 0 Å². The minimum absolute atomic E-state index is 0.170. The van der Waals surface area contributed by atoms with Crippen LogP contribution in [0.3, 0.4) is 0 Å². The number of imidazole rings is 1. The molecule has 0 unspecified atom stereocenters. The standard InChI is InChI=1S/C15H21N3O2S/c1-3-10-18(12-13-8-6-5-7-9-13)21(19,20)15-11-16-14(4-2)17-15/h5-9,11H,3-4,10,12H2,1-2H3,(H,16,17). The van der Waals surface area contributed by atoms with E-state index in [9.17, 15) is 8.42 Å². The number of aryl methyl sites for hydroxylation is 1. The molecule has 0 atom stereocenters. The lowest BCUT2D eigenvalue weighted by molar-refractivity contribution is 0.404. The third kappa shape index (κ3) is 3.71. The number of H-pyrrole nitrogens is 1. The molecule has 21 heavy (non-hydrogen) atoms. The summed E-state index contributed by atoms with van der Waals surface area (Å²) in [4.78, 5) is 6.98. The Labute approximate surface area is 126 Å². The molecule has 0 radical (unpaired) electrons. The van der Waals surface area contributed by atoms with Crippen molar-refractivity contribution in [1.82, 2.24) is 14.3 Å². The summed E-state index contributed by atoms with van der Waals surface area (Å²) in [5.41, 5.74) is 0.977. The van der Waals surface area contributed by atoms with Gasteiger partial charge in [0.15, 0.2) is 5.03 Å². The Morgan fingerprint density at radius 1 is 1.19 bits per heavy atom. The predicted octanol–water partition coefficient (Wildman–Crippen LogP) is 2.57. The summed E-state index contributed by atoms with van der Waals surface area (Å²) in [7, 11) is -3.54. The van der Waals surface area contributed by atoms with Gasteiger partial charge < -0.3 is 4.98 Å². The first-order valence-corrected chi connectivity index (χ1v) is 8.60. The third-order valence-corrected chi connectivity index (χ3v) is 4.99. The Morgan fingerprint density at radius 2 is 1.90 bits per heavy atom. The highest BCUT2D eigenvalue weighted by molar-refractivity contribution is 7.89. The quantitative estimate of drug-likeness (QED) is 0.855. The fourth-order valence-corrected chi connectivity index (χ4v) is 3.57. The first kappa shape index (κ1) is 15.7. The van der Waals surface area contributed by atoms with Crippen LogP contribution in [0.25, 0.3) is 0 Å². The Kier molecular flexibility index (Phi) is 5.14. The molecule has 0 spiro atoms. The van der Waals surface area contributed by atoms with Gasteiger partial charge in [0.1, 0.15) is 5.82 Å². The molecule has 0 bridgehead atoms. The Balaban J connectivity index is 2.27. The number of nitrogens with one attached hydrogen (secondary N) is 1. The van der Waals surface area contributed by atoms with Gasteiger partial charge in [0.25, 0.3) is 10.0 Å². The molecule has 1 aromatic carbocycles. The second-order valence-corrected chi connectivity index (χ2v) is 6.78. The smallest absolute Gasteiger partial charge is 0.260 e. The fourth-order valence-electron chi connectivity index (χ4n) is 2.11. The molecule has 0 fully saturated rings. The van der Waals surface area contributed by atoms with Gasteiger partial charge in [0, 0.05) is 19.5 Å². The maximum Gasteiger partial charge on any atom is 0.260 e. The van der Waals surface area contributed by atoms with E-state index < -0.39 is 10.0 Å². The van der Waals surface area contributed by atoms with E-state index in [2.05, 4.69) is 9.97 Å². The summed E-state index contributed by atoms with van der Waals surface area (Å²) in [6.07, 6.45) is 2.85. The number of hydrogen-bond donors (Lipinski definition) is 1. The number of aromatic amines is 1. The molecular weight excluding hydrogens is 286 g/mol. The molecule has 0 saturated heterocycles. The van der Waals surface area contributed by atoms with Crippen LogP contribution in [0.4, 0.5) is 0 Å². The SMILES string of the molecule is CCCN(Cc1ccccc1)S(=O)(=O)c1cnc(CC)[nH]1. The predicted molar refractivity (Wildman–Crippen MR) is 82.3 cm³/mol. The van der Waals surface area contributed by atoms with Gasteiger partial charge in [-0.2, -0.15) is 4.31 Å². The number of hydrogen-bond acceptors (Lipinski definition) is 3. The Bertz CT molecular complexity index is 665. The number of aromatic nitrogens is 2. The van der Waals surface area contributed by atoms with Gasteiger partial charge >= 0.3 is 0 Å². The first-order chi connectivity index (χ1) is 10.1. The summed E-state index contributed by atoms with van der Waals surface area (Å²) in [6.45, 7) is 4.76. The maximum absolute atomic E-state index is 12.7. The monoisotopic (exact) mass is 307 g/mol. The van der Waals surface area contributed by atoms with Gasteiger partial charge in [0.2, 0.25) is 0 Å². The largest absolute Gasteiger partial charge is 0.332 e. The zero-order valence-electron chi connectivity index (χ0n) is 12.4. The second kappa shape index (κ2) is 6.87. The lowest BCUT2D eigenvalue weighted by Gasteiger charge is -2.20.